The summed E-state index contributed by atoms with van der Waals surface area (Å²) in [7, 11) is 0. The Morgan fingerprint density at radius 3 is 2.86 bits per heavy atom. The van der Waals surface area contributed by atoms with Gasteiger partial charge in [0.1, 0.15) is 24.5 Å². The minimum Gasteiger partial charge on any atom is -0.489 e. The van der Waals surface area contributed by atoms with Crippen molar-refractivity contribution >= 4 is 29.1 Å². The molecule has 2 heterocycles. The molecule has 9 nitrogen and oxygen atoms in total. The Morgan fingerprint density at radius 2 is 2.21 bits per heavy atom. The van der Waals surface area contributed by atoms with Crippen molar-refractivity contribution in [2.75, 3.05) is 23.8 Å². The number of aromatic nitrogens is 2. The number of benzene rings is 1. The highest BCUT2D eigenvalue weighted by atomic mass is 35.5. The molecule has 1 aromatic carbocycles. The van der Waals surface area contributed by atoms with Crippen LogP contribution in [0.1, 0.15) is 19.5 Å². The van der Waals surface area contributed by atoms with Crippen LogP contribution in [0.4, 0.5) is 16.3 Å². The van der Waals surface area contributed by atoms with Gasteiger partial charge in [-0.15, -0.1) is 0 Å². The van der Waals surface area contributed by atoms with E-state index < -0.39 is 11.8 Å². The lowest BCUT2D eigenvalue weighted by atomic mass is 10.3. The first-order valence-corrected chi connectivity index (χ1v) is 8.77. The second-order valence-corrected chi connectivity index (χ2v) is 6.82. The lowest BCUT2D eigenvalue weighted by molar-refractivity contribution is -0.141. The molecule has 1 aliphatic rings. The molecule has 0 bridgehead atoms. The van der Waals surface area contributed by atoms with Gasteiger partial charge in [-0.3, -0.25) is 5.32 Å². The zero-order chi connectivity index (χ0) is 20.1. The number of amides is 2. The van der Waals surface area contributed by atoms with Gasteiger partial charge < -0.3 is 19.5 Å². The highest BCUT2D eigenvalue weighted by molar-refractivity contribution is 6.31. The Labute approximate surface area is 166 Å². The third kappa shape index (κ3) is 5.29. The molecule has 1 fully saturated rings. The molecule has 28 heavy (non-hydrogen) atoms. The average molecular weight is 404 g/mol. The molecule has 2 N–H and O–H groups in total. The van der Waals surface area contributed by atoms with E-state index >= 15 is 0 Å². The van der Waals surface area contributed by atoms with Crippen LogP contribution in [0.5, 0.6) is 5.75 Å². The number of halogens is 1. The van der Waals surface area contributed by atoms with Gasteiger partial charge in [-0.2, -0.15) is 5.26 Å². The summed E-state index contributed by atoms with van der Waals surface area (Å²) < 4.78 is 17.0. The van der Waals surface area contributed by atoms with Gasteiger partial charge >= 0.3 is 6.03 Å². The van der Waals surface area contributed by atoms with Gasteiger partial charge in [0.15, 0.2) is 17.3 Å². The van der Waals surface area contributed by atoms with Gasteiger partial charge in [-0.05, 0) is 32.0 Å². The van der Waals surface area contributed by atoms with Crippen molar-refractivity contribution in [3.05, 3.63) is 41.3 Å². The Balaban J connectivity index is 1.63. The molecule has 0 unspecified atom stereocenters. The first-order valence-electron chi connectivity index (χ1n) is 8.39. The fraction of sp³-hybridized carbons (Fsp3) is 0.333. The second-order valence-electron chi connectivity index (χ2n) is 6.38. The summed E-state index contributed by atoms with van der Waals surface area (Å²) in [5.41, 5.74) is 0.530. The summed E-state index contributed by atoms with van der Waals surface area (Å²) in [6, 6.07) is 6.16. The number of rotatable bonds is 5. The predicted octanol–water partition coefficient (Wildman–Crippen LogP) is 3.18. The van der Waals surface area contributed by atoms with E-state index in [1.54, 1.807) is 18.2 Å². The molecule has 1 atom stereocenters. The summed E-state index contributed by atoms with van der Waals surface area (Å²) in [6.45, 7) is 4.33. The minimum absolute atomic E-state index is 0.151. The molecule has 0 spiro atoms. The normalized spacial score (nSPS) is 17.6. The van der Waals surface area contributed by atoms with Crippen LogP contribution in [0.3, 0.4) is 0 Å². The number of nitrogens with zero attached hydrogens (tertiary/aromatic N) is 3. The number of hydrogen-bond acceptors (Lipinski definition) is 7. The molecule has 146 valence electrons. The monoisotopic (exact) mass is 403 g/mol. The lowest BCUT2D eigenvalue weighted by Gasteiger charge is -2.18. The van der Waals surface area contributed by atoms with Crippen molar-refractivity contribution < 1.29 is 19.0 Å². The summed E-state index contributed by atoms with van der Waals surface area (Å²) >= 11 is 6.03. The highest BCUT2D eigenvalue weighted by Crippen LogP contribution is 2.29. The van der Waals surface area contributed by atoms with Crippen molar-refractivity contribution in [1.29, 1.82) is 5.26 Å². The molecule has 1 saturated heterocycles. The molecule has 1 aliphatic heterocycles. The topological polar surface area (TPSA) is 118 Å². The maximum atomic E-state index is 12.2. The van der Waals surface area contributed by atoms with Crippen LogP contribution in [0.25, 0.3) is 0 Å². The quantitative estimate of drug-likeness (QED) is 0.786. The van der Waals surface area contributed by atoms with E-state index in [0.717, 1.165) is 0 Å². The van der Waals surface area contributed by atoms with Crippen LogP contribution in [-0.4, -0.2) is 41.1 Å². The number of hydrogen-bond donors (Lipinski definition) is 2. The van der Waals surface area contributed by atoms with E-state index in [1.807, 2.05) is 19.9 Å². The Hall–Kier alpha value is -2.93. The minimum atomic E-state index is -0.642. The summed E-state index contributed by atoms with van der Waals surface area (Å²) in [4.78, 5) is 20.0. The first kappa shape index (κ1) is 19.8. The molecular formula is C18H18ClN5O4. The molecule has 10 heteroatoms. The van der Waals surface area contributed by atoms with Gasteiger partial charge in [-0.1, -0.05) is 11.6 Å². The van der Waals surface area contributed by atoms with Crippen molar-refractivity contribution in [1.82, 2.24) is 9.97 Å². The number of ether oxygens (including phenoxy) is 3. The first-order chi connectivity index (χ1) is 13.3. The standard InChI is InChI=1S/C18H18ClN5O4/c1-18(2)27-10-13(28-18)9-26-15-4-3-11(19)5-14(15)23-17(25)24-16-8-21-12(6-20)7-22-16/h3-5,7-8,13H,9-10H2,1-2H3,(H2,22,23,24,25)/t13-/m0/s1. The number of nitrogens with one attached hydrogen (secondary N) is 2. The average Bonchev–Trinajstić information content (AvgIpc) is 3.00. The zero-order valence-corrected chi connectivity index (χ0v) is 16.0. The Bertz CT molecular complexity index is 898. The van der Waals surface area contributed by atoms with Crippen LogP contribution >= 0.6 is 11.6 Å². The van der Waals surface area contributed by atoms with Crippen LogP contribution < -0.4 is 15.4 Å². The van der Waals surface area contributed by atoms with Crippen molar-refractivity contribution in [2.45, 2.75) is 25.7 Å². The SMILES string of the molecule is CC1(C)OC[C@H](COc2ccc(Cl)cc2NC(=O)Nc2cnc(C#N)cn2)O1. The van der Waals surface area contributed by atoms with Gasteiger partial charge in [0.05, 0.1) is 24.7 Å². The largest absolute Gasteiger partial charge is 0.489 e. The summed E-state index contributed by atoms with van der Waals surface area (Å²) in [6.07, 6.45) is 2.32. The third-order valence-corrected chi connectivity index (χ3v) is 3.92. The number of anilines is 2. The maximum absolute atomic E-state index is 12.2. The van der Waals surface area contributed by atoms with Gasteiger partial charge in [-0.25, -0.2) is 14.8 Å². The van der Waals surface area contributed by atoms with E-state index in [2.05, 4.69) is 20.6 Å². The Kier molecular flexibility index (Phi) is 5.94. The van der Waals surface area contributed by atoms with Gasteiger partial charge in [0, 0.05) is 5.02 Å². The van der Waals surface area contributed by atoms with Gasteiger partial charge in [0.25, 0.3) is 0 Å². The molecule has 0 aliphatic carbocycles. The van der Waals surface area contributed by atoms with Crippen LogP contribution in [0.2, 0.25) is 5.02 Å². The smallest absolute Gasteiger partial charge is 0.325 e. The van der Waals surface area contributed by atoms with Crippen molar-refractivity contribution in [2.24, 2.45) is 0 Å². The molecule has 1 aromatic heterocycles. The summed E-state index contributed by atoms with van der Waals surface area (Å²) in [5, 5.41) is 14.3. The number of carbonyl (C=O) groups excluding carboxylic acids is 1. The lowest BCUT2D eigenvalue weighted by Crippen LogP contribution is -2.25. The highest BCUT2D eigenvalue weighted by Gasteiger charge is 2.33. The van der Waals surface area contributed by atoms with E-state index in [0.29, 0.717) is 23.1 Å². The molecule has 0 radical (unpaired) electrons. The fourth-order valence-corrected chi connectivity index (χ4v) is 2.65. The molecule has 3 rings (SSSR count). The third-order valence-electron chi connectivity index (χ3n) is 3.69. The summed E-state index contributed by atoms with van der Waals surface area (Å²) in [5.74, 6) is -0.0181. The maximum Gasteiger partial charge on any atom is 0.325 e. The van der Waals surface area contributed by atoms with E-state index in [-0.39, 0.29) is 24.2 Å². The molecular weight excluding hydrogens is 386 g/mol. The number of urea groups is 1. The van der Waals surface area contributed by atoms with E-state index in [4.69, 9.17) is 31.1 Å². The van der Waals surface area contributed by atoms with Crippen molar-refractivity contribution in [3.63, 3.8) is 0 Å². The fourth-order valence-electron chi connectivity index (χ4n) is 2.47. The predicted molar refractivity (Wildman–Crippen MR) is 101 cm³/mol. The second kappa shape index (κ2) is 8.39. The Morgan fingerprint density at radius 1 is 1.39 bits per heavy atom. The number of carbonyl (C=O) groups is 1. The van der Waals surface area contributed by atoms with Crippen LogP contribution in [0, 0.1) is 11.3 Å². The molecule has 2 aromatic rings. The van der Waals surface area contributed by atoms with E-state index in [9.17, 15) is 4.79 Å². The van der Waals surface area contributed by atoms with Crippen molar-refractivity contribution in [3.8, 4) is 11.8 Å². The van der Waals surface area contributed by atoms with Gasteiger partial charge in [0.2, 0.25) is 0 Å². The number of nitriles is 1. The van der Waals surface area contributed by atoms with Crippen LogP contribution in [-0.2, 0) is 9.47 Å². The van der Waals surface area contributed by atoms with E-state index in [1.165, 1.54) is 12.4 Å². The molecule has 2 amide bonds. The van der Waals surface area contributed by atoms with Crippen LogP contribution in [0.15, 0.2) is 30.6 Å². The zero-order valence-electron chi connectivity index (χ0n) is 15.2. The molecule has 0 saturated carbocycles.